The quantitative estimate of drug-likeness (QED) is 0.329. The fraction of sp³-hybridized carbons (Fsp3) is 0.600. The van der Waals surface area contributed by atoms with Crippen LogP contribution in [0.4, 0.5) is 5.82 Å². The minimum absolute atomic E-state index is 0.00663. The number of carbonyl (C=O) groups excluding carboxylic acids is 3. The molecule has 0 radical (unpaired) electrons. The van der Waals surface area contributed by atoms with Gasteiger partial charge in [-0.05, 0) is 58.7 Å². The highest BCUT2D eigenvalue weighted by molar-refractivity contribution is 5.86. The SMILES string of the molecule is C=CC(=O)NCCCC[C@H](CC(=O)OC(C)(C)C)C(=O)N1CCN(c2cccc(C)n2)CC1. The van der Waals surface area contributed by atoms with E-state index < -0.39 is 11.5 Å². The van der Waals surface area contributed by atoms with E-state index in [0.717, 1.165) is 24.4 Å². The van der Waals surface area contributed by atoms with E-state index in [4.69, 9.17) is 4.74 Å². The monoisotopic (exact) mass is 458 g/mol. The van der Waals surface area contributed by atoms with Crippen LogP contribution >= 0.6 is 0 Å². The Morgan fingerprint density at radius 2 is 1.88 bits per heavy atom. The van der Waals surface area contributed by atoms with Gasteiger partial charge in [-0.15, -0.1) is 0 Å². The lowest BCUT2D eigenvalue weighted by Crippen LogP contribution is -2.51. The molecule has 0 spiro atoms. The summed E-state index contributed by atoms with van der Waals surface area (Å²) >= 11 is 0. The van der Waals surface area contributed by atoms with Crippen LogP contribution < -0.4 is 10.2 Å². The molecule has 0 aliphatic carbocycles. The first-order valence-electron chi connectivity index (χ1n) is 11.7. The van der Waals surface area contributed by atoms with Crippen molar-refractivity contribution < 1.29 is 19.1 Å². The van der Waals surface area contributed by atoms with Crippen LogP contribution in [0.25, 0.3) is 0 Å². The van der Waals surface area contributed by atoms with Crippen molar-refractivity contribution in [2.45, 2.75) is 59.0 Å². The summed E-state index contributed by atoms with van der Waals surface area (Å²) in [4.78, 5) is 45.7. The summed E-state index contributed by atoms with van der Waals surface area (Å²) in [5, 5.41) is 2.74. The van der Waals surface area contributed by atoms with Gasteiger partial charge in [0.25, 0.3) is 0 Å². The zero-order valence-electron chi connectivity index (χ0n) is 20.4. The number of ether oxygens (including phenoxy) is 1. The van der Waals surface area contributed by atoms with E-state index >= 15 is 0 Å². The fourth-order valence-electron chi connectivity index (χ4n) is 3.82. The third-order valence-corrected chi connectivity index (χ3v) is 5.44. The van der Waals surface area contributed by atoms with Crippen molar-refractivity contribution in [1.29, 1.82) is 0 Å². The summed E-state index contributed by atoms with van der Waals surface area (Å²) in [6.45, 7) is 14.0. The highest BCUT2D eigenvalue weighted by atomic mass is 16.6. The molecule has 8 nitrogen and oxygen atoms in total. The topological polar surface area (TPSA) is 91.8 Å². The van der Waals surface area contributed by atoms with Crippen molar-refractivity contribution >= 4 is 23.6 Å². The Morgan fingerprint density at radius 1 is 1.18 bits per heavy atom. The third kappa shape index (κ3) is 9.24. The molecule has 1 atom stereocenters. The molecule has 0 saturated carbocycles. The maximum Gasteiger partial charge on any atom is 0.307 e. The van der Waals surface area contributed by atoms with Gasteiger partial charge < -0.3 is 19.9 Å². The summed E-state index contributed by atoms with van der Waals surface area (Å²) < 4.78 is 5.47. The van der Waals surface area contributed by atoms with E-state index in [2.05, 4.69) is 21.8 Å². The van der Waals surface area contributed by atoms with Crippen molar-refractivity contribution in [3.63, 3.8) is 0 Å². The Labute approximate surface area is 197 Å². The standard InChI is InChI=1S/C25H38N4O4/c1-6-22(30)26-13-8-7-11-20(18-23(31)33-25(3,4)5)24(32)29-16-14-28(15-17-29)21-12-9-10-19(2)27-21/h6,9-10,12,20H,1,7-8,11,13-18H2,2-5H3,(H,26,30)/t20-/m1/s1. The van der Waals surface area contributed by atoms with Gasteiger partial charge in [-0.3, -0.25) is 14.4 Å². The maximum absolute atomic E-state index is 13.3. The van der Waals surface area contributed by atoms with Gasteiger partial charge in [-0.1, -0.05) is 19.1 Å². The number of anilines is 1. The highest BCUT2D eigenvalue weighted by Gasteiger charge is 2.30. The van der Waals surface area contributed by atoms with Crippen molar-refractivity contribution in [3.05, 3.63) is 36.5 Å². The molecule has 2 rings (SSSR count). The second kappa shape index (κ2) is 12.4. The summed E-state index contributed by atoms with van der Waals surface area (Å²) in [6, 6.07) is 5.94. The number of aryl methyl sites for hydroxylation is 1. The minimum atomic E-state index is -0.591. The average molecular weight is 459 g/mol. The second-order valence-corrected chi connectivity index (χ2v) is 9.43. The molecule has 33 heavy (non-hydrogen) atoms. The first-order chi connectivity index (χ1) is 15.6. The number of pyridine rings is 1. The Bertz CT molecular complexity index is 826. The van der Waals surface area contributed by atoms with Gasteiger partial charge >= 0.3 is 5.97 Å². The van der Waals surface area contributed by atoms with Gasteiger partial charge in [-0.25, -0.2) is 4.98 Å². The number of amides is 2. The Balaban J connectivity index is 1.94. The van der Waals surface area contributed by atoms with E-state index in [0.29, 0.717) is 39.1 Å². The van der Waals surface area contributed by atoms with E-state index in [1.54, 1.807) is 0 Å². The van der Waals surface area contributed by atoms with E-state index in [1.807, 2.05) is 50.8 Å². The highest BCUT2D eigenvalue weighted by Crippen LogP contribution is 2.21. The number of nitrogens with zero attached hydrogens (tertiary/aromatic N) is 3. The van der Waals surface area contributed by atoms with Crippen LogP contribution in [0.1, 0.15) is 52.1 Å². The molecule has 8 heteroatoms. The lowest BCUT2D eigenvalue weighted by Gasteiger charge is -2.37. The van der Waals surface area contributed by atoms with Gasteiger partial charge in [-0.2, -0.15) is 0 Å². The molecule has 1 aromatic rings. The third-order valence-electron chi connectivity index (χ3n) is 5.44. The minimum Gasteiger partial charge on any atom is -0.460 e. The summed E-state index contributed by atoms with van der Waals surface area (Å²) in [6.07, 6.45) is 3.32. The van der Waals surface area contributed by atoms with Gasteiger partial charge in [0.1, 0.15) is 11.4 Å². The molecule has 1 saturated heterocycles. The second-order valence-electron chi connectivity index (χ2n) is 9.43. The van der Waals surface area contributed by atoms with Crippen LogP contribution in [0.3, 0.4) is 0 Å². The largest absolute Gasteiger partial charge is 0.460 e. The zero-order chi connectivity index (χ0) is 24.4. The van der Waals surface area contributed by atoms with Gasteiger partial charge in [0, 0.05) is 44.3 Å². The molecule has 2 amide bonds. The van der Waals surface area contributed by atoms with Crippen LogP contribution in [0, 0.1) is 12.8 Å². The van der Waals surface area contributed by atoms with Crippen LogP contribution in [0.15, 0.2) is 30.9 Å². The zero-order valence-corrected chi connectivity index (χ0v) is 20.4. The van der Waals surface area contributed by atoms with Crippen molar-refractivity contribution in [1.82, 2.24) is 15.2 Å². The van der Waals surface area contributed by atoms with Crippen LogP contribution in [-0.2, 0) is 19.1 Å². The van der Waals surface area contributed by atoms with Gasteiger partial charge in [0.05, 0.1) is 6.42 Å². The number of esters is 1. The molecule has 0 aromatic carbocycles. The number of aromatic nitrogens is 1. The molecule has 182 valence electrons. The van der Waals surface area contributed by atoms with Crippen molar-refractivity contribution in [2.75, 3.05) is 37.6 Å². The van der Waals surface area contributed by atoms with Crippen LogP contribution in [0.2, 0.25) is 0 Å². The number of rotatable bonds is 10. The number of nitrogens with one attached hydrogen (secondary N) is 1. The first kappa shape index (κ1) is 26.4. The van der Waals surface area contributed by atoms with Crippen molar-refractivity contribution in [3.8, 4) is 0 Å². The van der Waals surface area contributed by atoms with E-state index in [1.165, 1.54) is 6.08 Å². The summed E-state index contributed by atoms with van der Waals surface area (Å²) in [7, 11) is 0. The number of carbonyl (C=O) groups is 3. The molecule has 1 aliphatic rings. The Morgan fingerprint density at radius 3 is 2.48 bits per heavy atom. The lowest BCUT2D eigenvalue weighted by molar-refractivity contribution is -0.158. The van der Waals surface area contributed by atoms with Gasteiger partial charge in [0.15, 0.2) is 0 Å². The number of piperazine rings is 1. The first-order valence-corrected chi connectivity index (χ1v) is 11.7. The molecular weight excluding hydrogens is 420 g/mol. The average Bonchev–Trinajstić information content (AvgIpc) is 2.76. The predicted octanol–water partition coefficient (Wildman–Crippen LogP) is 2.86. The Hall–Kier alpha value is -2.90. The molecule has 1 fully saturated rings. The Kier molecular flexibility index (Phi) is 9.88. The number of hydrogen-bond acceptors (Lipinski definition) is 6. The fourth-order valence-corrected chi connectivity index (χ4v) is 3.82. The number of unbranched alkanes of at least 4 members (excludes halogenated alkanes) is 1. The maximum atomic E-state index is 13.3. The molecule has 0 unspecified atom stereocenters. The normalized spacial score (nSPS) is 15.0. The molecular formula is C25H38N4O4. The summed E-state index contributed by atoms with van der Waals surface area (Å²) in [5.41, 5.74) is 0.374. The van der Waals surface area contributed by atoms with Crippen LogP contribution in [-0.4, -0.2) is 66.0 Å². The van der Waals surface area contributed by atoms with E-state index in [-0.39, 0.29) is 24.2 Å². The molecule has 2 heterocycles. The summed E-state index contributed by atoms with van der Waals surface area (Å²) in [5.74, 6) is -0.0822. The lowest BCUT2D eigenvalue weighted by atomic mass is 9.96. The van der Waals surface area contributed by atoms with Crippen molar-refractivity contribution in [2.24, 2.45) is 5.92 Å². The predicted molar refractivity (Wildman–Crippen MR) is 129 cm³/mol. The molecule has 1 N–H and O–H groups in total. The number of hydrogen-bond donors (Lipinski definition) is 1. The van der Waals surface area contributed by atoms with E-state index in [9.17, 15) is 14.4 Å². The van der Waals surface area contributed by atoms with Crippen LogP contribution in [0.5, 0.6) is 0 Å². The smallest absolute Gasteiger partial charge is 0.307 e. The molecule has 1 aliphatic heterocycles. The molecule has 1 aromatic heterocycles. The van der Waals surface area contributed by atoms with Gasteiger partial charge in [0.2, 0.25) is 11.8 Å². The molecule has 0 bridgehead atoms.